The number of halogens is 1. The Kier molecular flexibility index (Phi) is 15.3. The molecule has 4 rings (SSSR count). The lowest BCUT2D eigenvalue weighted by atomic mass is 9.81. The van der Waals surface area contributed by atoms with Gasteiger partial charge in [0, 0.05) is 17.7 Å². The van der Waals surface area contributed by atoms with Crippen LogP contribution in [0, 0.1) is 0 Å². The van der Waals surface area contributed by atoms with Crippen LogP contribution in [-0.2, 0) is 12.8 Å². The molecular weight excluding hydrogens is 503 g/mol. The molecule has 0 aliphatic heterocycles. The predicted octanol–water partition coefficient (Wildman–Crippen LogP) is 4.87. The van der Waals surface area contributed by atoms with Gasteiger partial charge in [0.15, 0.2) is 0 Å². The molecule has 0 bridgehead atoms. The Morgan fingerprint density at radius 3 is 1.54 bits per heavy atom. The van der Waals surface area contributed by atoms with E-state index < -0.39 is 7.12 Å². The van der Waals surface area contributed by atoms with Gasteiger partial charge in [-0.15, -0.1) is 0 Å². The van der Waals surface area contributed by atoms with Crippen LogP contribution in [0.2, 0.25) is 0 Å². The smallest absolute Gasteiger partial charge is 0.423 e. The summed E-state index contributed by atoms with van der Waals surface area (Å²) in [5.74, 6) is 0. The summed E-state index contributed by atoms with van der Waals surface area (Å²) in [4.78, 5) is 0. The van der Waals surface area contributed by atoms with Crippen LogP contribution >= 0.6 is 15.9 Å². The fraction of sp³-hybridized carbons (Fsp3) is 0.172. The summed E-state index contributed by atoms with van der Waals surface area (Å²) in [6.07, 6.45) is 1.46. The summed E-state index contributed by atoms with van der Waals surface area (Å²) in [6, 6.07) is 35.2. The van der Waals surface area contributed by atoms with Gasteiger partial charge in [0.05, 0.1) is 0 Å². The van der Waals surface area contributed by atoms with Gasteiger partial charge in [-0.3, -0.25) is 0 Å². The van der Waals surface area contributed by atoms with Crippen molar-refractivity contribution >= 4 is 28.5 Å². The summed E-state index contributed by atoms with van der Waals surface area (Å²) >= 11 is 3.35. The van der Waals surface area contributed by atoms with E-state index in [1.807, 2.05) is 60.7 Å². The maximum atomic E-state index is 8.88. The molecule has 4 nitrogen and oxygen atoms in total. The van der Waals surface area contributed by atoms with Crippen LogP contribution in [0.1, 0.15) is 18.6 Å². The molecule has 4 aromatic carbocycles. The van der Waals surface area contributed by atoms with Crippen molar-refractivity contribution in [1.82, 2.24) is 0 Å². The zero-order valence-electron chi connectivity index (χ0n) is 19.0. The molecule has 0 saturated heterocycles. The molecule has 0 aliphatic rings. The number of hydrogen-bond donors (Lipinski definition) is 4. The molecule has 0 atom stereocenters. The molecule has 0 saturated carbocycles. The topological polar surface area (TPSA) is 80.9 Å². The Hall–Kier alpha value is -2.74. The fourth-order valence-corrected chi connectivity index (χ4v) is 3.56. The van der Waals surface area contributed by atoms with E-state index in [1.165, 1.54) is 16.7 Å². The minimum Gasteiger partial charge on any atom is -0.423 e. The lowest BCUT2D eigenvalue weighted by Gasteiger charge is -2.04. The third-order valence-electron chi connectivity index (χ3n) is 4.82. The van der Waals surface area contributed by atoms with E-state index in [2.05, 4.69) is 40.2 Å². The summed E-state index contributed by atoms with van der Waals surface area (Å²) in [5.41, 5.74) is 5.30. The van der Waals surface area contributed by atoms with E-state index >= 15 is 0 Å². The van der Waals surface area contributed by atoms with Gasteiger partial charge in [0.1, 0.15) is 0 Å². The highest BCUT2D eigenvalue weighted by atomic mass is 79.9. The van der Waals surface area contributed by atoms with E-state index in [0.717, 1.165) is 22.9 Å². The van der Waals surface area contributed by atoms with Crippen LogP contribution < -0.4 is 5.46 Å². The third kappa shape index (κ3) is 12.0. The van der Waals surface area contributed by atoms with Crippen LogP contribution in [0.4, 0.5) is 0 Å². The van der Waals surface area contributed by atoms with Crippen molar-refractivity contribution in [3.8, 4) is 11.1 Å². The Morgan fingerprint density at radius 2 is 1.06 bits per heavy atom. The van der Waals surface area contributed by atoms with Gasteiger partial charge in [0.25, 0.3) is 0 Å². The average molecular weight is 537 g/mol. The minimum atomic E-state index is -1.34. The first-order valence-corrected chi connectivity index (χ1v) is 11.8. The molecule has 184 valence electrons. The number of benzene rings is 4. The monoisotopic (exact) mass is 536 g/mol. The number of aliphatic hydroxyl groups excluding tert-OH is 2. The first-order valence-electron chi connectivity index (χ1n) is 11.0. The lowest BCUT2D eigenvalue weighted by molar-refractivity contribution is 0.299. The molecule has 0 aromatic heterocycles. The van der Waals surface area contributed by atoms with Gasteiger partial charge in [-0.25, -0.2) is 0 Å². The normalized spacial score (nSPS) is 9.51. The maximum absolute atomic E-state index is 8.88. The zero-order valence-corrected chi connectivity index (χ0v) is 20.6. The molecule has 0 aliphatic carbocycles. The molecule has 0 unspecified atom stereocenters. The summed E-state index contributed by atoms with van der Waals surface area (Å²) in [7, 11) is -1.34. The second-order valence-corrected chi connectivity index (χ2v) is 8.34. The lowest BCUT2D eigenvalue weighted by Crippen LogP contribution is -2.29. The standard InChI is InChI=1S/C14H14O.C8H9BrO.C6H7BO2.CH4/c15-10-9-12-5-4-8-14(11-12)13-6-2-1-3-7-13;9-8-3-1-2-7(6-8)4-5-10;8-7(9)6-4-2-1-3-5-6;/h1-8,11,15H,9-10H2;1-3,6,10H,4-5H2;1-5,8-9H;1H4. The van der Waals surface area contributed by atoms with Crippen LogP contribution in [0.5, 0.6) is 0 Å². The van der Waals surface area contributed by atoms with Crippen molar-refractivity contribution in [2.24, 2.45) is 0 Å². The van der Waals surface area contributed by atoms with Crippen LogP contribution in [0.25, 0.3) is 11.1 Å². The van der Waals surface area contributed by atoms with Gasteiger partial charge in [0.2, 0.25) is 0 Å². The largest absolute Gasteiger partial charge is 0.488 e. The number of rotatable bonds is 6. The third-order valence-corrected chi connectivity index (χ3v) is 5.32. The first-order chi connectivity index (χ1) is 16.5. The Morgan fingerprint density at radius 1 is 0.571 bits per heavy atom. The molecule has 4 N–H and O–H groups in total. The molecule has 0 amide bonds. The maximum Gasteiger partial charge on any atom is 0.488 e. The second-order valence-electron chi connectivity index (χ2n) is 7.43. The summed E-state index contributed by atoms with van der Waals surface area (Å²) in [6.45, 7) is 0.425. The quantitative estimate of drug-likeness (QED) is 0.265. The van der Waals surface area contributed by atoms with Crippen molar-refractivity contribution in [2.45, 2.75) is 20.3 Å². The molecule has 0 fully saturated rings. The molecule has 4 aromatic rings. The van der Waals surface area contributed by atoms with Gasteiger partial charge < -0.3 is 20.3 Å². The molecule has 35 heavy (non-hydrogen) atoms. The van der Waals surface area contributed by atoms with Crippen molar-refractivity contribution in [3.63, 3.8) is 0 Å². The van der Waals surface area contributed by atoms with E-state index in [1.54, 1.807) is 24.3 Å². The van der Waals surface area contributed by atoms with Gasteiger partial charge in [-0.05, 0) is 52.7 Å². The average Bonchev–Trinajstić information content (AvgIpc) is 2.87. The van der Waals surface area contributed by atoms with E-state index in [-0.39, 0.29) is 20.6 Å². The first kappa shape index (κ1) is 30.3. The van der Waals surface area contributed by atoms with Crippen molar-refractivity contribution in [2.75, 3.05) is 13.2 Å². The number of hydrogen-bond acceptors (Lipinski definition) is 4. The molecule has 0 radical (unpaired) electrons. The second kappa shape index (κ2) is 17.7. The van der Waals surface area contributed by atoms with E-state index in [9.17, 15) is 0 Å². The highest BCUT2D eigenvalue weighted by Crippen LogP contribution is 2.20. The molecule has 0 heterocycles. The Bertz CT molecular complexity index is 1080. The molecular formula is C29H34BBrO4. The van der Waals surface area contributed by atoms with E-state index in [0.29, 0.717) is 5.46 Å². The van der Waals surface area contributed by atoms with E-state index in [4.69, 9.17) is 20.3 Å². The Balaban J connectivity index is 0.000000271. The van der Waals surface area contributed by atoms with Crippen LogP contribution in [0.15, 0.2) is 114 Å². The molecule has 0 spiro atoms. The van der Waals surface area contributed by atoms with Crippen LogP contribution in [-0.4, -0.2) is 40.6 Å². The number of aliphatic hydroxyl groups is 2. The van der Waals surface area contributed by atoms with Crippen molar-refractivity contribution in [1.29, 1.82) is 0 Å². The van der Waals surface area contributed by atoms with Gasteiger partial charge in [-0.1, -0.05) is 120 Å². The Labute approximate surface area is 217 Å². The van der Waals surface area contributed by atoms with Crippen LogP contribution in [0.3, 0.4) is 0 Å². The molecule has 6 heteroatoms. The summed E-state index contributed by atoms with van der Waals surface area (Å²) < 4.78 is 1.07. The fourth-order valence-electron chi connectivity index (χ4n) is 3.11. The highest BCUT2D eigenvalue weighted by Gasteiger charge is 2.07. The SMILES string of the molecule is C.OB(O)c1ccccc1.OCCc1cccc(-c2ccccc2)c1.OCCc1cccc(Br)c1. The van der Waals surface area contributed by atoms with Crippen molar-refractivity contribution < 1.29 is 20.3 Å². The highest BCUT2D eigenvalue weighted by molar-refractivity contribution is 9.10. The van der Waals surface area contributed by atoms with Crippen molar-refractivity contribution in [3.05, 3.63) is 125 Å². The van der Waals surface area contributed by atoms with Gasteiger partial charge >= 0.3 is 7.12 Å². The van der Waals surface area contributed by atoms with Gasteiger partial charge in [-0.2, -0.15) is 0 Å². The predicted molar refractivity (Wildman–Crippen MR) is 151 cm³/mol. The zero-order chi connectivity index (χ0) is 24.6. The minimum absolute atomic E-state index is 0. The summed E-state index contributed by atoms with van der Waals surface area (Å²) in [5, 5.41) is 34.6.